The Morgan fingerprint density at radius 2 is 1.67 bits per heavy atom. The van der Waals surface area contributed by atoms with Crippen LogP contribution in [-0.4, -0.2) is 32.8 Å². The van der Waals surface area contributed by atoms with Crippen molar-refractivity contribution in [2.24, 2.45) is 0 Å². The van der Waals surface area contributed by atoms with Crippen LogP contribution >= 0.6 is 0 Å². The van der Waals surface area contributed by atoms with Gasteiger partial charge in [0.05, 0.1) is 6.54 Å². The van der Waals surface area contributed by atoms with Gasteiger partial charge in [-0.15, -0.1) is 0 Å². The van der Waals surface area contributed by atoms with Gasteiger partial charge in [-0.3, -0.25) is 4.90 Å². The Labute approximate surface area is 145 Å². The highest BCUT2D eigenvalue weighted by Crippen LogP contribution is 2.26. The molecule has 130 valence electrons. The maximum absolute atomic E-state index is 4.87. The first kappa shape index (κ1) is 17.2. The number of hydrogen-bond donors (Lipinski definition) is 0. The summed E-state index contributed by atoms with van der Waals surface area (Å²) in [6.07, 6.45) is 2.61. The number of hydrogen-bond acceptors (Lipinski definition) is 3. The molecule has 0 unspecified atom stereocenters. The molecular formula is C20H30N4. The van der Waals surface area contributed by atoms with Crippen LogP contribution in [0.25, 0.3) is 11.4 Å². The van der Waals surface area contributed by atoms with E-state index in [-0.39, 0.29) is 5.41 Å². The average Bonchev–Trinajstić information content (AvgIpc) is 3.16. The molecule has 0 radical (unpaired) electrons. The van der Waals surface area contributed by atoms with Gasteiger partial charge in [-0.05, 0) is 50.8 Å². The Kier molecular flexibility index (Phi) is 4.77. The molecule has 1 saturated heterocycles. The van der Waals surface area contributed by atoms with Gasteiger partial charge in [0, 0.05) is 11.6 Å². The predicted molar refractivity (Wildman–Crippen MR) is 99.1 cm³/mol. The molecule has 4 nitrogen and oxygen atoms in total. The Bertz CT molecular complexity index is 671. The summed E-state index contributed by atoms with van der Waals surface area (Å²) in [5, 5.41) is 4.79. The lowest BCUT2D eigenvalue weighted by atomic mass is 9.87. The first-order valence-electron chi connectivity index (χ1n) is 9.13. The van der Waals surface area contributed by atoms with Gasteiger partial charge in [-0.2, -0.15) is 5.10 Å². The van der Waals surface area contributed by atoms with Crippen molar-refractivity contribution in [1.82, 2.24) is 19.7 Å². The van der Waals surface area contributed by atoms with E-state index in [1.54, 1.807) is 0 Å². The first-order valence-corrected chi connectivity index (χ1v) is 9.13. The van der Waals surface area contributed by atoms with E-state index < -0.39 is 0 Å². The summed E-state index contributed by atoms with van der Waals surface area (Å²) in [4.78, 5) is 7.35. The SMILES string of the molecule is CC(C)n1nc(-c2ccc(C(C)(C)C)cc2)nc1CN1CCCC1. The molecule has 0 atom stereocenters. The zero-order valence-corrected chi connectivity index (χ0v) is 15.7. The van der Waals surface area contributed by atoms with Crippen molar-refractivity contribution in [3.8, 4) is 11.4 Å². The number of benzene rings is 1. The van der Waals surface area contributed by atoms with E-state index in [9.17, 15) is 0 Å². The summed E-state index contributed by atoms with van der Waals surface area (Å²) < 4.78 is 2.09. The van der Waals surface area contributed by atoms with Gasteiger partial charge < -0.3 is 0 Å². The van der Waals surface area contributed by atoms with Crippen molar-refractivity contribution in [3.05, 3.63) is 35.7 Å². The van der Waals surface area contributed by atoms with E-state index >= 15 is 0 Å². The van der Waals surface area contributed by atoms with Gasteiger partial charge in [0.1, 0.15) is 5.82 Å². The Morgan fingerprint density at radius 3 is 2.21 bits per heavy atom. The molecule has 2 aromatic rings. The fourth-order valence-electron chi connectivity index (χ4n) is 3.26. The molecular weight excluding hydrogens is 296 g/mol. The maximum Gasteiger partial charge on any atom is 0.181 e. The van der Waals surface area contributed by atoms with Crippen LogP contribution in [-0.2, 0) is 12.0 Å². The molecule has 0 saturated carbocycles. The van der Waals surface area contributed by atoms with E-state index in [4.69, 9.17) is 10.1 Å². The summed E-state index contributed by atoms with van der Waals surface area (Å²) in [5.74, 6) is 1.93. The molecule has 2 heterocycles. The molecule has 4 heteroatoms. The van der Waals surface area contributed by atoms with E-state index in [0.29, 0.717) is 6.04 Å². The second-order valence-corrected chi connectivity index (χ2v) is 8.20. The first-order chi connectivity index (χ1) is 11.3. The molecule has 3 rings (SSSR count). The van der Waals surface area contributed by atoms with Crippen molar-refractivity contribution >= 4 is 0 Å². The monoisotopic (exact) mass is 326 g/mol. The third-order valence-electron chi connectivity index (χ3n) is 4.76. The Hall–Kier alpha value is -1.68. The topological polar surface area (TPSA) is 34.0 Å². The minimum atomic E-state index is 0.171. The van der Waals surface area contributed by atoms with Gasteiger partial charge in [-0.25, -0.2) is 9.67 Å². The average molecular weight is 326 g/mol. The smallest absolute Gasteiger partial charge is 0.181 e. The molecule has 0 N–H and O–H groups in total. The van der Waals surface area contributed by atoms with Gasteiger partial charge in [0.2, 0.25) is 0 Å². The molecule has 0 aliphatic carbocycles. The Morgan fingerprint density at radius 1 is 1.04 bits per heavy atom. The molecule has 1 aromatic carbocycles. The van der Waals surface area contributed by atoms with Gasteiger partial charge in [0.15, 0.2) is 5.82 Å². The quantitative estimate of drug-likeness (QED) is 0.834. The third kappa shape index (κ3) is 3.69. The summed E-state index contributed by atoms with van der Waals surface area (Å²) >= 11 is 0. The summed E-state index contributed by atoms with van der Waals surface area (Å²) in [7, 11) is 0. The van der Waals surface area contributed by atoms with E-state index in [2.05, 4.69) is 68.5 Å². The maximum atomic E-state index is 4.87. The van der Waals surface area contributed by atoms with Crippen molar-refractivity contribution in [2.75, 3.05) is 13.1 Å². The molecule has 24 heavy (non-hydrogen) atoms. The highest BCUT2D eigenvalue weighted by molar-refractivity contribution is 5.55. The van der Waals surface area contributed by atoms with E-state index in [1.807, 2.05) is 0 Å². The largest absolute Gasteiger partial charge is 0.296 e. The second kappa shape index (κ2) is 6.67. The van der Waals surface area contributed by atoms with Crippen LogP contribution in [0.15, 0.2) is 24.3 Å². The predicted octanol–water partition coefficient (Wildman–Crippen LogP) is 4.42. The van der Waals surface area contributed by atoms with Crippen LogP contribution in [0.1, 0.15) is 64.9 Å². The van der Waals surface area contributed by atoms with Gasteiger partial charge in [-0.1, -0.05) is 45.0 Å². The van der Waals surface area contributed by atoms with Crippen LogP contribution in [0, 0.1) is 0 Å². The van der Waals surface area contributed by atoms with E-state index in [1.165, 1.54) is 31.5 Å². The fourth-order valence-corrected chi connectivity index (χ4v) is 3.26. The van der Waals surface area contributed by atoms with Gasteiger partial charge >= 0.3 is 0 Å². The third-order valence-corrected chi connectivity index (χ3v) is 4.76. The van der Waals surface area contributed by atoms with Crippen LogP contribution < -0.4 is 0 Å². The number of nitrogens with zero attached hydrogens (tertiary/aromatic N) is 4. The highest BCUT2D eigenvalue weighted by atomic mass is 15.4. The molecule has 0 amide bonds. The minimum absolute atomic E-state index is 0.171. The molecule has 0 spiro atoms. The fraction of sp³-hybridized carbons (Fsp3) is 0.600. The highest BCUT2D eigenvalue weighted by Gasteiger charge is 2.19. The molecule has 1 aromatic heterocycles. The standard InChI is InChI=1S/C20H30N4/c1-15(2)24-18(14-23-12-6-7-13-23)21-19(22-24)16-8-10-17(11-9-16)20(3,4)5/h8-11,15H,6-7,12-14H2,1-5H3. The van der Waals surface area contributed by atoms with Crippen LogP contribution in [0.2, 0.25) is 0 Å². The minimum Gasteiger partial charge on any atom is -0.296 e. The van der Waals surface area contributed by atoms with Gasteiger partial charge in [0.25, 0.3) is 0 Å². The van der Waals surface area contributed by atoms with Crippen molar-refractivity contribution in [1.29, 1.82) is 0 Å². The van der Waals surface area contributed by atoms with Crippen molar-refractivity contribution in [2.45, 2.75) is 65.5 Å². The van der Waals surface area contributed by atoms with Crippen molar-refractivity contribution < 1.29 is 0 Å². The summed E-state index contributed by atoms with van der Waals surface area (Å²) in [6, 6.07) is 9.04. The van der Waals surface area contributed by atoms with Crippen LogP contribution in [0.3, 0.4) is 0 Å². The van der Waals surface area contributed by atoms with Crippen molar-refractivity contribution in [3.63, 3.8) is 0 Å². The summed E-state index contributed by atoms with van der Waals surface area (Å²) in [6.45, 7) is 14.3. The van der Waals surface area contributed by atoms with Crippen LogP contribution in [0.5, 0.6) is 0 Å². The zero-order chi connectivity index (χ0) is 17.3. The number of likely N-dealkylation sites (tertiary alicyclic amines) is 1. The molecule has 1 fully saturated rings. The van der Waals surface area contributed by atoms with E-state index in [0.717, 1.165) is 23.8 Å². The van der Waals surface area contributed by atoms with Crippen LogP contribution in [0.4, 0.5) is 0 Å². The summed E-state index contributed by atoms with van der Waals surface area (Å²) in [5.41, 5.74) is 2.61. The lowest BCUT2D eigenvalue weighted by Crippen LogP contribution is -2.22. The molecule has 0 bridgehead atoms. The lowest BCUT2D eigenvalue weighted by molar-refractivity contribution is 0.309. The second-order valence-electron chi connectivity index (χ2n) is 8.20. The normalized spacial score (nSPS) is 16.2. The Balaban J connectivity index is 1.87. The number of aromatic nitrogens is 3. The zero-order valence-electron chi connectivity index (χ0n) is 15.7. The molecule has 1 aliphatic rings. The molecule has 1 aliphatic heterocycles. The lowest BCUT2D eigenvalue weighted by Gasteiger charge is -2.18. The number of rotatable bonds is 4.